The van der Waals surface area contributed by atoms with Crippen molar-refractivity contribution in [1.82, 2.24) is 10.2 Å². The molecule has 0 amide bonds. The van der Waals surface area contributed by atoms with E-state index in [4.69, 9.17) is 9.15 Å². The lowest BCUT2D eigenvalue weighted by Crippen LogP contribution is -2.11. The summed E-state index contributed by atoms with van der Waals surface area (Å²) in [5.74, 6) is -0.727. The molecule has 3 aromatic rings. The lowest BCUT2D eigenvalue weighted by molar-refractivity contribution is -0.149. The Balaban J connectivity index is 1.53. The van der Waals surface area contributed by atoms with Crippen LogP contribution in [0.2, 0.25) is 0 Å². The zero-order chi connectivity index (χ0) is 20.1. The second kappa shape index (κ2) is 8.56. The van der Waals surface area contributed by atoms with Gasteiger partial charge < -0.3 is 9.15 Å². The van der Waals surface area contributed by atoms with Crippen molar-refractivity contribution in [2.24, 2.45) is 0 Å². The van der Waals surface area contributed by atoms with Crippen LogP contribution in [0.4, 0.5) is 4.39 Å². The summed E-state index contributed by atoms with van der Waals surface area (Å²) in [6.45, 7) is 3.59. The highest BCUT2D eigenvalue weighted by molar-refractivity contribution is 5.97. The molecule has 0 fully saturated rings. The Morgan fingerprint density at radius 3 is 2.39 bits per heavy atom. The lowest BCUT2D eigenvalue weighted by Gasteiger charge is -2.09. The van der Waals surface area contributed by atoms with Gasteiger partial charge >= 0.3 is 5.97 Å². The van der Waals surface area contributed by atoms with Crippen molar-refractivity contribution in [1.29, 1.82) is 0 Å². The highest BCUT2D eigenvalue weighted by atomic mass is 19.1. The molecule has 0 saturated heterocycles. The first-order chi connectivity index (χ1) is 13.4. The molecule has 1 atom stereocenters. The van der Waals surface area contributed by atoms with Gasteiger partial charge in [0.1, 0.15) is 5.82 Å². The minimum absolute atomic E-state index is 0.0321. The summed E-state index contributed by atoms with van der Waals surface area (Å²) < 4.78 is 23.7. The van der Waals surface area contributed by atoms with Gasteiger partial charge in [0.25, 0.3) is 5.89 Å². The number of ketones is 1. The summed E-state index contributed by atoms with van der Waals surface area (Å²) in [4.78, 5) is 24.0. The Kier molecular flexibility index (Phi) is 5.93. The average molecular weight is 382 g/mol. The van der Waals surface area contributed by atoms with Crippen LogP contribution in [0.1, 0.15) is 47.7 Å². The van der Waals surface area contributed by atoms with Crippen LogP contribution in [0.25, 0.3) is 11.5 Å². The number of Topliss-reactive ketones (excluding diaryl/α,β-unsaturated/α-hetero) is 1. The number of nitrogens with zero attached hydrogens (tertiary/aromatic N) is 2. The zero-order valence-electron chi connectivity index (χ0n) is 15.5. The molecule has 6 nitrogen and oxygen atoms in total. The number of hydrogen-bond acceptors (Lipinski definition) is 6. The molecule has 0 radical (unpaired) electrons. The maximum absolute atomic E-state index is 12.9. The maximum atomic E-state index is 12.9. The SMILES string of the molecule is Cc1ccc(-c2nnc([C@H](C)OC(=O)CCC(=O)c3ccc(F)cc3)o2)cc1. The van der Waals surface area contributed by atoms with Gasteiger partial charge in [-0.05, 0) is 50.2 Å². The van der Waals surface area contributed by atoms with Crippen LogP contribution < -0.4 is 0 Å². The van der Waals surface area contributed by atoms with Crippen LogP contribution in [0, 0.1) is 12.7 Å². The van der Waals surface area contributed by atoms with Crippen LogP contribution in [-0.2, 0) is 9.53 Å². The van der Waals surface area contributed by atoms with E-state index in [1.807, 2.05) is 31.2 Å². The fourth-order valence-electron chi connectivity index (χ4n) is 2.51. The van der Waals surface area contributed by atoms with Crippen molar-refractivity contribution < 1.29 is 23.1 Å². The molecule has 3 rings (SSSR count). The fraction of sp³-hybridized carbons (Fsp3) is 0.238. The van der Waals surface area contributed by atoms with E-state index in [2.05, 4.69) is 10.2 Å². The summed E-state index contributed by atoms with van der Waals surface area (Å²) in [7, 11) is 0. The number of esters is 1. The summed E-state index contributed by atoms with van der Waals surface area (Å²) in [5, 5.41) is 7.90. The first-order valence-electron chi connectivity index (χ1n) is 8.81. The van der Waals surface area contributed by atoms with Gasteiger partial charge in [-0.25, -0.2) is 4.39 Å². The van der Waals surface area contributed by atoms with E-state index in [9.17, 15) is 14.0 Å². The predicted octanol–water partition coefficient (Wildman–Crippen LogP) is 4.45. The topological polar surface area (TPSA) is 82.3 Å². The number of rotatable bonds is 7. The van der Waals surface area contributed by atoms with Crippen molar-refractivity contribution in [2.45, 2.75) is 32.8 Å². The van der Waals surface area contributed by atoms with Crippen molar-refractivity contribution in [3.05, 3.63) is 71.4 Å². The second-order valence-electron chi connectivity index (χ2n) is 6.37. The molecular weight excluding hydrogens is 363 g/mol. The predicted molar refractivity (Wildman–Crippen MR) is 98.9 cm³/mol. The highest BCUT2D eigenvalue weighted by Gasteiger charge is 2.20. The monoisotopic (exact) mass is 382 g/mol. The molecule has 0 N–H and O–H groups in total. The number of halogens is 1. The number of carbonyl (C=O) groups excluding carboxylic acids is 2. The smallest absolute Gasteiger partial charge is 0.307 e. The molecule has 0 aliphatic carbocycles. The van der Waals surface area contributed by atoms with Gasteiger partial charge in [0, 0.05) is 17.5 Å². The molecular formula is C21H19FN2O4. The Labute approximate surface area is 161 Å². The first kappa shape index (κ1) is 19.4. The van der Waals surface area contributed by atoms with Crippen LogP contribution in [0.3, 0.4) is 0 Å². The quantitative estimate of drug-likeness (QED) is 0.443. The summed E-state index contributed by atoms with van der Waals surface area (Å²) in [5.41, 5.74) is 2.23. The standard InChI is InChI=1S/C21H19FN2O4/c1-13-3-5-16(6-4-13)21-24-23-20(28-21)14(2)27-19(26)12-11-18(25)15-7-9-17(22)10-8-15/h3-10,14H,11-12H2,1-2H3/t14-/m0/s1. The lowest BCUT2D eigenvalue weighted by atomic mass is 10.1. The van der Waals surface area contributed by atoms with E-state index in [1.165, 1.54) is 24.3 Å². The maximum Gasteiger partial charge on any atom is 0.307 e. The fourth-order valence-corrected chi connectivity index (χ4v) is 2.51. The van der Waals surface area contributed by atoms with E-state index in [0.717, 1.165) is 11.1 Å². The van der Waals surface area contributed by atoms with Crippen molar-refractivity contribution in [2.75, 3.05) is 0 Å². The van der Waals surface area contributed by atoms with Crippen molar-refractivity contribution in [3.8, 4) is 11.5 Å². The van der Waals surface area contributed by atoms with Crippen LogP contribution in [0.15, 0.2) is 52.9 Å². The van der Waals surface area contributed by atoms with Gasteiger partial charge in [0.15, 0.2) is 11.9 Å². The molecule has 0 unspecified atom stereocenters. The third-order valence-electron chi connectivity index (χ3n) is 4.12. The largest absolute Gasteiger partial charge is 0.453 e. The Morgan fingerprint density at radius 2 is 1.71 bits per heavy atom. The molecule has 2 aromatic carbocycles. The average Bonchev–Trinajstić information content (AvgIpc) is 3.17. The van der Waals surface area contributed by atoms with Crippen LogP contribution in [0.5, 0.6) is 0 Å². The number of hydrogen-bond donors (Lipinski definition) is 0. The molecule has 1 heterocycles. The van der Waals surface area contributed by atoms with Gasteiger partial charge in [0.2, 0.25) is 5.89 Å². The summed E-state index contributed by atoms with van der Waals surface area (Å²) >= 11 is 0. The number of aromatic nitrogens is 2. The summed E-state index contributed by atoms with van der Waals surface area (Å²) in [6, 6.07) is 12.8. The first-order valence-corrected chi connectivity index (χ1v) is 8.81. The molecule has 0 saturated carbocycles. The number of ether oxygens (including phenoxy) is 1. The van der Waals surface area contributed by atoms with Crippen molar-refractivity contribution in [3.63, 3.8) is 0 Å². The molecule has 28 heavy (non-hydrogen) atoms. The highest BCUT2D eigenvalue weighted by Crippen LogP contribution is 2.23. The Morgan fingerprint density at radius 1 is 1.04 bits per heavy atom. The van der Waals surface area contributed by atoms with E-state index in [0.29, 0.717) is 11.5 Å². The Hall–Kier alpha value is -3.35. The van der Waals surface area contributed by atoms with Gasteiger partial charge in [-0.15, -0.1) is 10.2 Å². The minimum atomic E-state index is -0.736. The van der Waals surface area contributed by atoms with E-state index >= 15 is 0 Å². The molecule has 0 aliphatic rings. The normalized spacial score (nSPS) is 11.8. The van der Waals surface area contributed by atoms with Gasteiger partial charge in [-0.3, -0.25) is 9.59 Å². The molecule has 7 heteroatoms. The van der Waals surface area contributed by atoms with Crippen LogP contribution in [-0.4, -0.2) is 21.9 Å². The van der Waals surface area contributed by atoms with E-state index < -0.39 is 17.9 Å². The minimum Gasteiger partial charge on any atom is -0.453 e. The molecule has 0 aliphatic heterocycles. The molecule has 144 valence electrons. The summed E-state index contributed by atoms with van der Waals surface area (Å²) in [6.07, 6.45) is -0.866. The molecule has 0 bridgehead atoms. The van der Waals surface area contributed by atoms with Crippen molar-refractivity contribution >= 4 is 11.8 Å². The second-order valence-corrected chi connectivity index (χ2v) is 6.37. The third-order valence-corrected chi connectivity index (χ3v) is 4.12. The van der Waals surface area contributed by atoms with Crippen LogP contribution >= 0.6 is 0 Å². The number of aryl methyl sites for hydroxylation is 1. The third kappa shape index (κ3) is 4.88. The molecule has 0 spiro atoms. The Bertz CT molecular complexity index is 965. The van der Waals surface area contributed by atoms with Gasteiger partial charge in [0.05, 0.1) is 6.42 Å². The van der Waals surface area contributed by atoms with E-state index in [-0.39, 0.29) is 24.5 Å². The van der Waals surface area contributed by atoms with Gasteiger partial charge in [-0.2, -0.15) is 0 Å². The molecule has 1 aromatic heterocycles. The number of benzene rings is 2. The van der Waals surface area contributed by atoms with E-state index in [1.54, 1.807) is 6.92 Å². The zero-order valence-corrected chi connectivity index (χ0v) is 15.5. The van der Waals surface area contributed by atoms with Gasteiger partial charge in [-0.1, -0.05) is 17.7 Å². The number of carbonyl (C=O) groups is 2.